The summed E-state index contributed by atoms with van der Waals surface area (Å²) in [4.78, 5) is 16.6. The molecule has 1 aliphatic heterocycles. The van der Waals surface area contributed by atoms with Crippen LogP contribution in [0.25, 0.3) is 11.4 Å². The third kappa shape index (κ3) is 2.91. The van der Waals surface area contributed by atoms with Crippen molar-refractivity contribution in [2.24, 2.45) is 0 Å². The third-order valence-electron chi connectivity index (χ3n) is 3.92. The Balaban J connectivity index is 1.70. The highest BCUT2D eigenvalue weighted by atomic mass is 16.7. The number of aromatic amines is 1. The number of methoxy groups -OCH3 is 1. The largest absolute Gasteiger partial charge is 0.496 e. The van der Waals surface area contributed by atoms with E-state index in [0.29, 0.717) is 40.8 Å². The van der Waals surface area contributed by atoms with Crippen LogP contribution in [0, 0.1) is 0 Å². The van der Waals surface area contributed by atoms with Crippen LogP contribution in [0.3, 0.4) is 0 Å². The maximum absolute atomic E-state index is 12.1. The number of benzene rings is 2. The summed E-state index contributed by atoms with van der Waals surface area (Å²) < 4.78 is 16.0. The Morgan fingerprint density at radius 1 is 1.16 bits per heavy atom. The number of hydrogen-bond acceptors (Lipinski definition) is 6. The minimum absolute atomic E-state index is 0.213. The summed E-state index contributed by atoms with van der Waals surface area (Å²) in [5.41, 5.74) is 1.67. The van der Waals surface area contributed by atoms with Crippen LogP contribution in [0.5, 0.6) is 17.2 Å². The Labute approximate surface area is 143 Å². The fourth-order valence-corrected chi connectivity index (χ4v) is 2.69. The van der Waals surface area contributed by atoms with Crippen molar-refractivity contribution in [1.29, 1.82) is 0 Å². The van der Waals surface area contributed by atoms with E-state index in [1.54, 1.807) is 7.11 Å². The number of ether oxygens (including phenoxy) is 3. The predicted molar refractivity (Wildman–Crippen MR) is 90.0 cm³/mol. The molecule has 0 spiro atoms. The molecule has 3 aromatic rings. The van der Waals surface area contributed by atoms with Gasteiger partial charge in [0.2, 0.25) is 6.79 Å². The van der Waals surface area contributed by atoms with E-state index in [-0.39, 0.29) is 12.4 Å². The molecule has 1 aliphatic rings. The SMILES string of the molecule is COc1ccccc1-c1n[nH]c(=O)c(Cc2ccc3c(c2)OCO3)n1. The molecule has 0 bridgehead atoms. The van der Waals surface area contributed by atoms with Crippen LogP contribution in [0.1, 0.15) is 11.3 Å². The van der Waals surface area contributed by atoms with Crippen LogP contribution in [-0.2, 0) is 6.42 Å². The quantitative estimate of drug-likeness (QED) is 0.785. The molecule has 7 nitrogen and oxygen atoms in total. The van der Waals surface area contributed by atoms with Gasteiger partial charge in [0.1, 0.15) is 11.4 Å². The van der Waals surface area contributed by atoms with Crippen LogP contribution >= 0.6 is 0 Å². The number of fused-ring (bicyclic) bond motifs is 1. The summed E-state index contributed by atoms with van der Waals surface area (Å²) in [6.07, 6.45) is 0.358. The van der Waals surface area contributed by atoms with Gasteiger partial charge in [-0.25, -0.2) is 10.1 Å². The van der Waals surface area contributed by atoms with Crippen LogP contribution in [0.2, 0.25) is 0 Å². The van der Waals surface area contributed by atoms with E-state index >= 15 is 0 Å². The monoisotopic (exact) mass is 337 g/mol. The van der Waals surface area contributed by atoms with Crippen molar-refractivity contribution in [2.75, 3.05) is 13.9 Å². The number of hydrogen-bond donors (Lipinski definition) is 1. The van der Waals surface area contributed by atoms with Gasteiger partial charge in [-0.15, -0.1) is 0 Å². The van der Waals surface area contributed by atoms with Gasteiger partial charge in [-0.1, -0.05) is 18.2 Å². The van der Waals surface area contributed by atoms with E-state index in [9.17, 15) is 4.79 Å². The lowest BCUT2D eigenvalue weighted by Crippen LogP contribution is -2.18. The van der Waals surface area contributed by atoms with Gasteiger partial charge in [0.05, 0.1) is 12.7 Å². The molecule has 0 amide bonds. The van der Waals surface area contributed by atoms with E-state index in [4.69, 9.17) is 14.2 Å². The average molecular weight is 337 g/mol. The maximum atomic E-state index is 12.1. The number of nitrogens with zero attached hydrogens (tertiary/aromatic N) is 2. The molecule has 2 aromatic carbocycles. The number of rotatable bonds is 4. The van der Waals surface area contributed by atoms with E-state index in [1.165, 1.54) is 0 Å². The maximum Gasteiger partial charge on any atom is 0.286 e. The summed E-state index contributed by atoms with van der Waals surface area (Å²) in [5.74, 6) is 2.43. The standard InChI is InChI=1S/C18H15N3O4/c1-23-14-5-3-2-4-12(14)17-19-13(18(22)21-20-17)8-11-6-7-15-16(9-11)25-10-24-15/h2-7,9H,8,10H2,1H3,(H,21,22). The highest BCUT2D eigenvalue weighted by molar-refractivity contribution is 5.63. The summed E-state index contributed by atoms with van der Waals surface area (Å²) >= 11 is 0. The summed E-state index contributed by atoms with van der Waals surface area (Å²) in [6.45, 7) is 0.213. The number of para-hydroxylation sites is 1. The molecule has 0 fully saturated rings. The van der Waals surface area contributed by atoms with Gasteiger partial charge in [0, 0.05) is 6.42 Å². The normalized spacial score (nSPS) is 12.2. The van der Waals surface area contributed by atoms with Crippen molar-refractivity contribution in [3.63, 3.8) is 0 Å². The predicted octanol–water partition coefficient (Wildman–Crippen LogP) is 2.16. The zero-order chi connectivity index (χ0) is 17.2. The number of nitrogens with one attached hydrogen (secondary N) is 1. The smallest absolute Gasteiger partial charge is 0.286 e. The first kappa shape index (κ1) is 15.2. The molecule has 0 unspecified atom stereocenters. The van der Waals surface area contributed by atoms with Crippen molar-refractivity contribution in [2.45, 2.75) is 6.42 Å². The summed E-state index contributed by atoms with van der Waals surface area (Å²) in [5, 5.41) is 6.56. The average Bonchev–Trinajstić information content (AvgIpc) is 3.11. The first-order chi connectivity index (χ1) is 12.2. The van der Waals surface area contributed by atoms with Gasteiger partial charge < -0.3 is 14.2 Å². The second kappa shape index (κ2) is 6.27. The lowest BCUT2D eigenvalue weighted by molar-refractivity contribution is 0.174. The fraction of sp³-hybridized carbons (Fsp3) is 0.167. The molecule has 1 aromatic heterocycles. The Hall–Kier alpha value is -3.35. The molecule has 126 valence electrons. The topological polar surface area (TPSA) is 86.3 Å². The molecule has 7 heteroatoms. The Bertz CT molecular complexity index is 984. The van der Waals surface area contributed by atoms with Gasteiger partial charge in [-0.05, 0) is 29.8 Å². The lowest BCUT2D eigenvalue weighted by Gasteiger charge is -2.08. The van der Waals surface area contributed by atoms with Crippen LogP contribution in [0.15, 0.2) is 47.3 Å². The highest BCUT2D eigenvalue weighted by Gasteiger charge is 2.16. The molecule has 1 N–H and O–H groups in total. The molecule has 25 heavy (non-hydrogen) atoms. The Kier molecular flexibility index (Phi) is 3.81. The van der Waals surface area contributed by atoms with Crippen molar-refractivity contribution in [1.82, 2.24) is 15.2 Å². The first-order valence-electron chi connectivity index (χ1n) is 7.72. The molecule has 2 heterocycles. The second-order valence-electron chi connectivity index (χ2n) is 5.50. The number of H-pyrrole nitrogens is 1. The molecule has 0 aliphatic carbocycles. The van der Waals surface area contributed by atoms with Gasteiger partial charge in [-0.3, -0.25) is 4.79 Å². The molecule has 0 saturated heterocycles. The molecule has 4 rings (SSSR count). The zero-order valence-corrected chi connectivity index (χ0v) is 13.5. The van der Waals surface area contributed by atoms with E-state index in [2.05, 4.69) is 15.2 Å². The Morgan fingerprint density at radius 3 is 2.88 bits per heavy atom. The van der Waals surface area contributed by atoms with Gasteiger partial charge in [0.25, 0.3) is 5.56 Å². The lowest BCUT2D eigenvalue weighted by atomic mass is 10.1. The molecule has 0 radical (unpaired) electrons. The van der Waals surface area contributed by atoms with Crippen molar-refractivity contribution in [3.8, 4) is 28.6 Å². The minimum Gasteiger partial charge on any atom is -0.496 e. The van der Waals surface area contributed by atoms with Crippen LogP contribution in [0.4, 0.5) is 0 Å². The van der Waals surface area contributed by atoms with Gasteiger partial charge >= 0.3 is 0 Å². The zero-order valence-electron chi connectivity index (χ0n) is 13.5. The second-order valence-corrected chi connectivity index (χ2v) is 5.50. The Morgan fingerprint density at radius 2 is 2.00 bits per heavy atom. The third-order valence-corrected chi connectivity index (χ3v) is 3.92. The summed E-state index contributed by atoms with van der Waals surface area (Å²) in [7, 11) is 1.58. The summed E-state index contributed by atoms with van der Waals surface area (Å²) in [6, 6.07) is 13.0. The first-order valence-corrected chi connectivity index (χ1v) is 7.72. The van der Waals surface area contributed by atoms with Gasteiger partial charge in [-0.2, -0.15) is 5.10 Å². The molecule has 0 atom stereocenters. The molecule has 0 saturated carbocycles. The molecular formula is C18H15N3O4. The van der Waals surface area contributed by atoms with Crippen molar-refractivity contribution < 1.29 is 14.2 Å². The van der Waals surface area contributed by atoms with Gasteiger partial charge in [0.15, 0.2) is 17.3 Å². The van der Waals surface area contributed by atoms with Crippen molar-refractivity contribution in [3.05, 3.63) is 64.1 Å². The van der Waals surface area contributed by atoms with Crippen LogP contribution in [-0.4, -0.2) is 29.1 Å². The van der Waals surface area contributed by atoms with E-state index < -0.39 is 0 Å². The van der Waals surface area contributed by atoms with E-state index in [0.717, 1.165) is 5.56 Å². The van der Waals surface area contributed by atoms with Crippen molar-refractivity contribution >= 4 is 0 Å². The minimum atomic E-state index is -0.323. The van der Waals surface area contributed by atoms with E-state index in [1.807, 2.05) is 42.5 Å². The molecular weight excluding hydrogens is 322 g/mol. The van der Waals surface area contributed by atoms with Crippen LogP contribution < -0.4 is 19.8 Å². The number of aromatic nitrogens is 3. The highest BCUT2D eigenvalue weighted by Crippen LogP contribution is 2.33. The fourth-order valence-electron chi connectivity index (χ4n) is 2.69.